The van der Waals surface area contributed by atoms with E-state index in [-0.39, 0.29) is 135 Å². The number of imidazole rings is 1. The van der Waals surface area contributed by atoms with E-state index in [1.807, 2.05) is 6.92 Å². The van der Waals surface area contributed by atoms with Crippen LogP contribution in [0.1, 0.15) is 134 Å². The fraction of sp³-hybridized carbons (Fsp3) is 0.612. The van der Waals surface area contributed by atoms with E-state index in [1.54, 1.807) is 30.3 Å². The van der Waals surface area contributed by atoms with Gasteiger partial charge in [-0.3, -0.25) is 67.5 Å². The third kappa shape index (κ3) is 25.6. The van der Waals surface area contributed by atoms with Gasteiger partial charge in [0.25, 0.3) is 0 Å². The molecule has 0 spiro atoms. The molecule has 4 aliphatic rings. The van der Waals surface area contributed by atoms with Gasteiger partial charge in [0.05, 0.1) is 25.5 Å². The predicted molar refractivity (Wildman–Crippen MR) is 378 cm³/mol. The molecule has 572 valence electrons. The van der Waals surface area contributed by atoms with E-state index < -0.39 is 163 Å². The summed E-state index contributed by atoms with van der Waals surface area (Å²) in [5, 5.41) is 44.4. The van der Waals surface area contributed by atoms with Crippen LogP contribution in [0.5, 0.6) is 0 Å². The van der Waals surface area contributed by atoms with Gasteiger partial charge in [-0.2, -0.15) is 0 Å². The summed E-state index contributed by atoms with van der Waals surface area (Å²) in [6.45, 7) is 1.01. The van der Waals surface area contributed by atoms with Crippen molar-refractivity contribution < 1.29 is 72.5 Å². The van der Waals surface area contributed by atoms with E-state index in [2.05, 4.69) is 67.8 Å². The highest BCUT2D eigenvalue weighted by atomic mass is 16.4. The zero-order chi connectivity index (χ0) is 75.8. The number of aliphatic hydroxyl groups is 1. The number of nitrogens with one attached hydrogen (secondary N) is 10. The van der Waals surface area contributed by atoms with Crippen molar-refractivity contribution in [3.05, 3.63) is 66.3 Å². The summed E-state index contributed by atoms with van der Waals surface area (Å²) < 4.78 is 0. The monoisotopic (exact) mass is 1460 g/mol. The van der Waals surface area contributed by atoms with Crippen LogP contribution in [0.2, 0.25) is 0 Å². The van der Waals surface area contributed by atoms with Gasteiger partial charge in [-0.15, -0.1) is 0 Å². The van der Waals surface area contributed by atoms with Gasteiger partial charge < -0.3 is 112 Å². The van der Waals surface area contributed by atoms with Gasteiger partial charge in [0.2, 0.25) is 70.9 Å². The third-order valence-electron chi connectivity index (χ3n) is 18.4. The van der Waals surface area contributed by atoms with E-state index in [4.69, 9.17) is 34.4 Å². The molecule has 1 aromatic carbocycles. The lowest BCUT2D eigenvalue weighted by Crippen LogP contribution is -2.61. The summed E-state index contributed by atoms with van der Waals surface area (Å²) >= 11 is 0. The van der Waals surface area contributed by atoms with Crippen molar-refractivity contribution in [2.75, 3.05) is 52.4 Å². The molecular weight excluding hydrogens is 1350 g/mol. The number of unbranched alkanes of at least 4 members (excludes halogenated alkanes) is 2. The van der Waals surface area contributed by atoms with Gasteiger partial charge in [0, 0.05) is 57.5 Å². The Labute approximate surface area is 602 Å². The van der Waals surface area contributed by atoms with E-state index >= 15 is 0 Å². The molecule has 12 atom stereocenters. The van der Waals surface area contributed by atoms with Crippen LogP contribution in [0, 0.1) is 0 Å². The fourth-order valence-corrected chi connectivity index (χ4v) is 12.7. The number of fused-ring (bicyclic) bond motifs is 1. The molecule has 0 radical (unpaired) electrons. The number of nitrogens with two attached hydrogens (primary N) is 6. The first-order valence-electron chi connectivity index (χ1n) is 35.5. The molecule has 3 fully saturated rings. The number of rotatable bonds is 35. The lowest BCUT2D eigenvalue weighted by atomic mass is 10.0. The molecule has 12 amide bonds. The zero-order valence-electron chi connectivity index (χ0n) is 58.8. The molecule has 24 N–H and O–H groups in total. The van der Waals surface area contributed by atoms with Crippen molar-refractivity contribution in [1.29, 1.82) is 0 Å². The minimum atomic E-state index is -1.81. The van der Waals surface area contributed by atoms with Crippen molar-refractivity contribution in [2.45, 2.75) is 208 Å². The maximum absolute atomic E-state index is 14.5. The number of nitrogens with zero attached hydrogens (tertiary/aromatic N) is 6. The number of benzene rings is 1. The molecule has 0 unspecified atom stereocenters. The Morgan fingerprint density at radius 1 is 0.635 bits per heavy atom. The Morgan fingerprint density at radius 2 is 1.23 bits per heavy atom. The molecule has 6 rings (SSSR count). The topological polar surface area (TPSA) is 590 Å². The van der Waals surface area contributed by atoms with Crippen molar-refractivity contribution in [3.8, 4) is 0 Å². The highest BCUT2D eigenvalue weighted by molar-refractivity contribution is 6.00. The fourth-order valence-electron chi connectivity index (χ4n) is 12.7. The van der Waals surface area contributed by atoms with Gasteiger partial charge >= 0.3 is 5.97 Å². The van der Waals surface area contributed by atoms with Crippen LogP contribution in [0.4, 0.5) is 0 Å². The Morgan fingerprint density at radius 3 is 1.87 bits per heavy atom. The van der Waals surface area contributed by atoms with E-state index in [9.17, 15) is 72.5 Å². The molecular formula is C67H104N22O15. The summed E-state index contributed by atoms with van der Waals surface area (Å²) in [6, 6.07) is -6.78. The van der Waals surface area contributed by atoms with E-state index in [1.165, 1.54) is 39.4 Å². The van der Waals surface area contributed by atoms with Crippen molar-refractivity contribution in [2.24, 2.45) is 44.4 Å². The first-order valence-corrected chi connectivity index (χ1v) is 35.5. The maximum Gasteiger partial charge on any atom is 0.326 e. The number of guanidine groups is 2. The summed E-state index contributed by atoms with van der Waals surface area (Å²) in [5.74, 6) is -10.9. The van der Waals surface area contributed by atoms with Crippen LogP contribution in [0.25, 0.3) is 0 Å². The van der Waals surface area contributed by atoms with Crippen molar-refractivity contribution in [3.63, 3.8) is 0 Å². The number of hydrogen-bond acceptors (Lipinski definition) is 19. The first kappa shape index (κ1) is 82.7. The molecule has 0 bridgehead atoms. The number of carboxylic acid groups (broad SMARTS) is 1. The number of H-pyrrole nitrogens is 1. The normalized spacial score (nSPS) is 21.9. The lowest BCUT2D eigenvalue weighted by Gasteiger charge is -2.31. The molecule has 104 heavy (non-hydrogen) atoms. The zero-order valence-corrected chi connectivity index (χ0v) is 58.8. The largest absolute Gasteiger partial charge is 0.480 e. The number of carboxylic acids is 1. The maximum atomic E-state index is 14.5. The first-order chi connectivity index (χ1) is 49.8. The second-order valence-corrected chi connectivity index (χ2v) is 26.2. The van der Waals surface area contributed by atoms with Gasteiger partial charge in [0.1, 0.15) is 66.5 Å². The van der Waals surface area contributed by atoms with Crippen LogP contribution in [-0.4, -0.2) is 249 Å². The lowest BCUT2D eigenvalue weighted by molar-refractivity contribution is -0.145. The Hall–Kier alpha value is -10.3. The second kappa shape index (κ2) is 42.3. The van der Waals surface area contributed by atoms with Crippen LogP contribution < -0.4 is 82.3 Å². The van der Waals surface area contributed by atoms with Crippen LogP contribution in [-0.2, 0) is 75.2 Å². The third-order valence-corrected chi connectivity index (χ3v) is 18.4. The Balaban J connectivity index is 1.14. The van der Waals surface area contributed by atoms with Crippen molar-refractivity contribution >= 4 is 88.8 Å². The van der Waals surface area contributed by atoms with Gasteiger partial charge in [-0.25, -0.2) is 9.78 Å². The minimum absolute atomic E-state index is 0.0122. The SMILES string of the molecule is CCCC[C@H](NC(=O)[C@@H]1CCCN1C(=O)CNC(=O)[C@H](CCCCN)NC(=O)[C@H](Cc1cnc[nH]1)NC(=O)[C@H](CO)NC(=O)[C@@H]1C/C=C\C[C@H](N)C(=O)N[C@@H](CCCN=C(N)N)C(=O)N2CCC[C@H]2C(=O)N[C@@H](CCCN=C(N)N)C(=O)N1)C(=O)N1CCC[C@H]1C(=O)N[C@@H](Cc1ccccc1)C(=O)O. The number of hydrogen-bond donors (Lipinski definition) is 18. The summed E-state index contributed by atoms with van der Waals surface area (Å²) in [4.78, 5) is 201. The number of carbonyl (C=O) groups is 13. The van der Waals surface area contributed by atoms with Crippen molar-refractivity contribution in [1.82, 2.24) is 72.5 Å². The summed E-state index contributed by atoms with van der Waals surface area (Å²) in [7, 11) is 0. The molecule has 37 heteroatoms. The molecule has 5 heterocycles. The Kier molecular flexibility index (Phi) is 33.6. The molecule has 4 aliphatic heterocycles. The number of carbonyl (C=O) groups excluding carboxylic acids is 12. The molecule has 1 aromatic heterocycles. The number of aromatic amines is 1. The Bertz CT molecular complexity index is 3350. The van der Waals surface area contributed by atoms with Gasteiger partial charge in [-0.05, 0) is 115 Å². The molecule has 37 nitrogen and oxygen atoms in total. The highest BCUT2D eigenvalue weighted by Crippen LogP contribution is 2.24. The standard InChI is InChI=1S/C67H104N22O15/c1-2-3-19-45(63(101)89-32-15-26-52(89)62(100)85-48(65(103)104)33-39-16-5-4-6-17-39)83-60(98)50-24-13-30-87(50)53(91)36-77-55(93)42(21-9-10-27-68)79-58(96)47(34-40-35-74-38-78-40)84-59(97)49(37-90)86-57(95)43-20-8-7-18-41(69)54(92)82-46(23-12-29-76-67(72)73)64(102)88-31-14-25-51(88)61(99)81-44(56(94)80-43)22-11-28-75-66(70)71/h4-8,16-17,35,38,41-52,90H,2-3,9-15,18-34,36-37,68-69H2,1H3,(H,74,78)(H,77,93)(H,79,96)(H,80,94)(H,81,99)(H,82,92)(H,83,98)(H,84,97)(H,85,100)(H,86,95)(H,103,104)(H4,70,71,75)(H4,72,73,76)/b8-7-/t41-,42-,43-,44-,45-,46-,47-,48-,49-,50-,51-,52-/m0/s1. The van der Waals surface area contributed by atoms with Gasteiger partial charge in [-0.1, -0.05) is 62.2 Å². The molecule has 0 saturated carbocycles. The average molecular weight is 1460 g/mol. The quantitative estimate of drug-likeness (QED) is 0.0132. The number of aliphatic hydroxyl groups excluding tert-OH is 1. The van der Waals surface area contributed by atoms with Crippen LogP contribution >= 0.6 is 0 Å². The van der Waals surface area contributed by atoms with Crippen LogP contribution in [0.3, 0.4) is 0 Å². The number of likely N-dealkylation sites (tertiary alicyclic amines) is 2. The van der Waals surface area contributed by atoms with E-state index in [0.29, 0.717) is 56.2 Å². The summed E-state index contributed by atoms with van der Waals surface area (Å²) in [6.07, 6.45) is 9.20. The minimum Gasteiger partial charge on any atom is -0.480 e. The smallest absolute Gasteiger partial charge is 0.326 e. The second-order valence-electron chi connectivity index (χ2n) is 26.2. The molecule has 3 saturated heterocycles. The van der Waals surface area contributed by atoms with E-state index in [0.717, 1.165) is 0 Å². The number of amides is 12. The molecule has 0 aliphatic carbocycles. The number of aliphatic carboxylic acids is 1. The predicted octanol–water partition coefficient (Wildman–Crippen LogP) is -5.66. The highest BCUT2D eigenvalue weighted by Gasteiger charge is 2.43. The number of aliphatic imine (C=N–C) groups is 2. The number of aromatic nitrogens is 2. The summed E-state index contributed by atoms with van der Waals surface area (Å²) in [5.41, 5.74) is 35.2. The molecule has 2 aromatic rings. The average Bonchev–Trinajstić information content (AvgIpc) is 1.63. The van der Waals surface area contributed by atoms with Crippen LogP contribution in [0.15, 0.2) is 65.0 Å². The van der Waals surface area contributed by atoms with Gasteiger partial charge in [0.15, 0.2) is 11.9 Å².